The van der Waals surface area contributed by atoms with Crippen LogP contribution in [0.15, 0.2) is 246 Å². The second-order valence-corrected chi connectivity index (χ2v) is 27.5. The van der Waals surface area contributed by atoms with Crippen LogP contribution in [0.25, 0.3) is 44.5 Å². The average Bonchev–Trinajstić information content (AvgIpc) is 1.01. The van der Waals surface area contributed by atoms with Crippen LogP contribution in [0.5, 0.6) is 11.5 Å². The first-order chi connectivity index (χ1) is 40.6. The number of fused-ring (bicyclic) bond motifs is 9. The maximum atomic E-state index is 7.38. The SMILES string of the molecule is CC(C)(C)c1cc(-c2ccccc2)c(N2c3ccccc3B3c4cc5c6c(c4N(c4c(-c7ccccc7)cc(C(C)(C)C)cc4-c4ccccc4)c4cc(C(C)(C)C)cc2c43)Sc2ccccc2B6c2ccccc2O5)c(-c2ccccc2)c1. The van der Waals surface area contributed by atoms with Crippen LogP contribution in [-0.2, 0) is 16.2 Å². The topological polar surface area (TPSA) is 15.7 Å². The van der Waals surface area contributed by atoms with Crippen molar-refractivity contribution in [1.82, 2.24) is 0 Å². The zero-order valence-electron chi connectivity index (χ0n) is 49.4. The van der Waals surface area contributed by atoms with Gasteiger partial charge in [0.2, 0.25) is 0 Å². The lowest BCUT2D eigenvalue weighted by Crippen LogP contribution is -2.63. The third-order valence-electron chi connectivity index (χ3n) is 18.0. The van der Waals surface area contributed by atoms with Crippen molar-refractivity contribution < 1.29 is 4.74 Å². The van der Waals surface area contributed by atoms with E-state index in [0.717, 1.165) is 22.9 Å². The highest BCUT2D eigenvalue weighted by atomic mass is 32.2. The van der Waals surface area contributed by atoms with Gasteiger partial charge >= 0.3 is 0 Å². The summed E-state index contributed by atoms with van der Waals surface area (Å²) in [5.41, 5.74) is 27.3. The third-order valence-corrected chi connectivity index (χ3v) is 19.2. The maximum absolute atomic E-state index is 7.38. The van der Waals surface area contributed by atoms with Gasteiger partial charge in [-0.3, -0.25) is 0 Å². The standard InChI is InChI=1S/C78H66B2N2OS/c1-76(2,3)53-42-56(49-28-14-10-15-29-49)72(57(43-53)50-30-16-11-17-31-50)81-64-39-25-22-36-60(64)79-63-48-68-71-75(84-69-41-27-24-38-62(69)80(71)61-37-23-26-40-67(61)83-68)74(63)82(66-47-55(78(7,8)9)46-65(81)70(66)79)73-58(51-32-18-12-19-33-51)44-54(77(4,5)6)45-59(73)52-34-20-13-21-35-52/h10-48H,1-9H3. The molecule has 3 nitrogen and oxygen atoms in total. The summed E-state index contributed by atoms with van der Waals surface area (Å²) in [5, 5.41) is 0. The zero-order valence-corrected chi connectivity index (χ0v) is 50.2. The van der Waals surface area contributed by atoms with Gasteiger partial charge in [0.25, 0.3) is 13.4 Å². The van der Waals surface area contributed by atoms with Gasteiger partial charge in [0.15, 0.2) is 0 Å². The van der Waals surface area contributed by atoms with E-state index in [-0.39, 0.29) is 29.7 Å². The molecule has 4 aliphatic heterocycles. The molecule has 0 aliphatic carbocycles. The van der Waals surface area contributed by atoms with Crippen molar-refractivity contribution in [2.45, 2.75) is 88.3 Å². The minimum Gasteiger partial charge on any atom is -0.458 e. The van der Waals surface area contributed by atoms with Gasteiger partial charge in [-0.2, -0.15) is 0 Å². The Hall–Kier alpha value is -8.70. The highest BCUT2D eigenvalue weighted by Crippen LogP contribution is 2.57. The number of anilines is 6. The first-order valence-corrected chi connectivity index (χ1v) is 30.6. The summed E-state index contributed by atoms with van der Waals surface area (Å²) in [6.07, 6.45) is 0. The monoisotopic (exact) mass is 1100 g/mol. The van der Waals surface area contributed by atoms with E-state index >= 15 is 0 Å². The Morgan fingerprint density at radius 1 is 0.321 bits per heavy atom. The summed E-state index contributed by atoms with van der Waals surface area (Å²) in [4.78, 5) is 7.94. The third kappa shape index (κ3) is 8.34. The van der Waals surface area contributed by atoms with Crippen LogP contribution in [0.3, 0.4) is 0 Å². The molecule has 0 saturated heterocycles. The lowest BCUT2D eigenvalue weighted by Gasteiger charge is -2.48. The second kappa shape index (κ2) is 19.4. The predicted molar refractivity (Wildman–Crippen MR) is 360 cm³/mol. The fourth-order valence-corrected chi connectivity index (χ4v) is 15.0. The first-order valence-electron chi connectivity index (χ1n) is 29.8. The summed E-state index contributed by atoms with van der Waals surface area (Å²) in [7, 11) is 0. The van der Waals surface area contributed by atoms with Gasteiger partial charge in [-0.1, -0.05) is 255 Å². The minimum atomic E-state index is -0.267. The number of nitrogens with zero attached hydrogens (tertiary/aromatic N) is 2. The highest BCUT2D eigenvalue weighted by molar-refractivity contribution is 8.00. The van der Waals surface area contributed by atoms with Crippen molar-refractivity contribution in [3.05, 3.63) is 253 Å². The second-order valence-electron chi connectivity index (χ2n) is 26.4. The molecule has 11 aromatic carbocycles. The van der Waals surface area contributed by atoms with E-state index in [1.807, 2.05) is 11.8 Å². The lowest BCUT2D eigenvalue weighted by atomic mass is 9.32. The Morgan fingerprint density at radius 2 is 0.714 bits per heavy atom. The Labute approximate surface area is 501 Å². The van der Waals surface area contributed by atoms with E-state index in [0.29, 0.717) is 0 Å². The smallest absolute Gasteiger partial charge is 0.253 e. The van der Waals surface area contributed by atoms with E-state index in [1.165, 1.54) is 127 Å². The first kappa shape index (κ1) is 52.1. The minimum absolute atomic E-state index is 0.0362. The Balaban J connectivity index is 1.15. The van der Waals surface area contributed by atoms with Crippen molar-refractivity contribution in [3.8, 4) is 56.0 Å². The maximum Gasteiger partial charge on any atom is 0.253 e. The molecule has 0 radical (unpaired) electrons. The van der Waals surface area contributed by atoms with Crippen molar-refractivity contribution in [2.75, 3.05) is 9.80 Å². The summed E-state index contributed by atoms with van der Waals surface area (Å²) >= 11 is 1.92. The molecule has 0 spiro atoms. The van der Waals surface area contributed by atoms with Gasteiger partial charge < -0.3 is 14.5 Å². The molecule has 0 saturated carbocycles. The van der Waals surface area contributed by atoms with Crippen LogP contribution >= 0.6 is 11.8 Å². The number of benzene rings is 11. The van der Waals surface area contributed by atoms with Gasteiger partial charge in [-0.15, -0.1) is 0 Å². The molecule has 15 rings (SSSR count). The molecule has 6 heteroatoms. The summed E-state index contributed by atoms with van der Waals surface area (Å²) in [6.45, 7) is 21.0. The van der Waals surface area contributed by atoms with Crippen LogP contribution in [0, 0.1) is 0 Å². The molecule has 0 unspecified atom stereocenters. The molecule has 406 valence electrons. The molecule has 0 amide bonds. The van der Waals surface area contributed by atoms with Crippen molar-refractivity contribution >= 4 is 92.1 Å². The van der Waals surface area contributed by atoms with Crippen molar-refractivity contribution in [1.29, 1.82) is 0 Å². The zero-order chi connectivity index (χ0) is 57.4. The van der Waals surface area contributed by atoms with Crippen LogP contribution in [0.4, 0.5) is 34.1 Å². The van der Waals surface area contributed by atoms with Crippen LogP contribution in [0.1, 0.15) is 79.0 Å². The number of hydrogen-bond donors (Lipinski definition) is 0. The van der Waals surface area contributed by atoms with Crippen molar-refractivity contribution in [3.63, 3.8) is 0 Å². The van der Waals surface area contributed by atoms with E-state index in [1.54, 1.807) is 0 Å². The molecule has 4 heterocycles. The van der Waals surface area contributed by atoms with Gasteiger partial charge in [-0.05, 0) is 143 Å². The number of para-hydroxylation sites is 2. The molecule has 0 N–H and O–H groups in total. The van der Waals surface area contributed by atoms with E-state index < -0.39 is 0 Å². The Morgan fingerprint density at radius 3 is 1.21 bits per heavy atom. The van der Waals surface area contributed by atoms with Crippen molar-refractivity contribution in [2.24, 2.45) is 0 Å². The molecule has 0 fully saturated rings. The van der Waals surface area contributed by atoms with Gasteiger partial charge in [0, 0.05) is 49.1 Å². The normalized spacial score (nSPS) is 13.7. The van der Waals surface area contributed by atoms with Gasteiger partial charge in [0.05, 0.1) is 17.1 Å². The Kier molecular flexibility index (Phi) is 12.1. The van der Waals surface area contributed by atoms with Gasteiger partial charge in [-0.25, -0.2) is 0 Å². The summed E-state index contributed by atoms with van der Waals surface area (Å²) in [6, 6.07) is 89.3. The molecule has 0 bridgehead atoms. The number of rotatable bonds is 6. The molecule has 0 atom stereocenters. The van der Waals surface area contributed by atoms with Gasteiger partial charge in [0.1, 0.15) is 11.5 Å². The van der Waals surface area contributed by atoms with E-state index in [9.17, 15) is 0 Å². The summed E-state index contributed by atoms with van der Waals surface area (Å²) in [5.74, 6) is 1.84. The Bertz CT molecular complexity index is 4310. The molecule has 4 aliphatic rings. The molecular formula is C78H66B2N2OS. The highest BCUT2D eigenvalue weighted by Gasteiger charge is 2.50. The molecule has 0 aromatic heterocycles. The van der Waals surface area contributed by atoms with Crippen LogP contribution < -0.4 is 47.3 Å². The van der Waals surface area contributed by atoms with Crippen LogP contribution in [0.2, 0.25) is 0 Å². The average molecular weight is 1100 g/mol. The van der Waals surface area contributed by atoms with E-state index in [4.69, 9.17) is 4.74 Å². The predicted octanol–water partition coefficient (Wildman–Crippen LogP) is 17.4. The largest absolute Gasteiger partial charge is 0.458 e. The number of hydrogen-bond acceptors (Lipinski definition) is 4. The molecule has 84 heavy (non-hydrogen) atoms. The lowest BCUT2D eigenvalue weighted by molar-refractivity contribution is 0.487. The fourth-order valence-electron chi connectivity index (χ4n) is 13.7. The number of ether oxygens (including phenoxy) is 1. The fraction of sp³-hybridized carbons (Fsp3) is 0.154. The van der Waals surface area contributed by atoms with E-state index in [2.05, 4.69) is 309 Å². The summed E-state index contributed by atoms with van der Waals surface area (Å²) < 4.78 is 7.38. The molecule has 11 aromatic rings. The molecular weight excluding hydrogens is 1030 g/mol. The van der Waals surface area contributed by atoms with Crippen LogP contribution in [-0.4, -0.2) is 13.4 Å². The quantitative estimate of drug-likeness (QED) is 0.154.